The molecule has 1 atom stereocenters. The van der Waals surface area contributed by atoms with Gasteiger partial charge in [0.1, 0.15) is 5.82 Å². The molecule has 1 fully saturated rings. The second-order valence-electron chi connectivity index (χ2n) is 5.01. The normalized spacial score (nSPS) is 18.5. The SMILES string of the molecule is NC(CCC1CCCC1)c1ccc(F)c(Br)c1. The fourth-order valence-corrected chi connectivity index (χ4v) is 3.02. The van der Waals surface area contributed by atoms with E-state index in [0.717, 1.165) is 17.9 Å². The van der Waals surface area contributed by atoms with Crippen molar-refractivity contribution in [3.05, 3.63) is 34.1 Å². The van der Waals surface area contributed by atoms with Gasteiger partial charge >= 0.3 is 0 Å². The quantitative estimate of drug-likeness (QED) is 0.866. The van der Waals surface area contributed by atoms with E-state index in [1.54, 1.807) is 12.1 Å². The maximum Gasteiger partial charge on any atom is 0.137 e. The molecular weight excluding hydrogens is 281 g/mol. The summed E-state index contributed by atoms with van der Waals surface area (Å²) in [6.45, 7) is 0. The summed E-state index contributed by atoms with van der Waals surface area (Å²) in [5, 5.41) is 0. The first-order valence-corrected chi connectivity index (χ1v) is 7.16. The van der Waals surface area contributed by atoms with Gasteiger partial charge in [-0.15, -0.1) is 0 Å². The van der Waals surface area contributed by atoms with Gasteiger partial charge in [-0.1, -0.05) is 31.7 Å². The van der Waals surface area contributed by atoms with Crippen molar-refractivity contribution in [2.24, 2.45) is 11.7 Å². The van der Waals surface area contributed by atoms with Crippen molar-refractivity contribution in [3.8, 4) is 0 Å². The predicted molar refractivity (Wildman–Crippen MR) is 72.2 cm³/mol. The van der Waals surface area contributed by atoms with E-state index < -0.39 is 0 Å². The summed E-state index contributed by atoms with van der Waals surface area (Å²) >= 11 is 3.20. The van der Waals surface area contributed by atoms with Crippen molar-refractivity contribution in [2.45, 2.75) is 44.6 Å². The van der Waals surface area contributed by atoms with Crippen LogP contribution in [0.15, 0.2) is 22.7 Å². The lowest BCUT2D eigenvalue weighted by Gasteiger charge is -2.15. The molecule has 0 saturated heterocycles. The molecule has 1 aromatic rings. The summed E-state index contributed by atoms with van der Waals surface area (Å²) in [6, 6.07) is 5.11. The number of hydrogen-bond acceptors (Lipinski definition) is 1. The summed E-state index contributed by atoms with van der Waals surface area (Å²) < 4.78 is 13.6. The molecule has 1 aliphatic rings. The van der Waals surface area contributed by atoms with E-state index in [1.807, 2.05) is 0 Å². The molecule has 1 aliphatic carbocycles. The molecule has 2 rings (SSSR count). The molecular formula is C14H19BrFN. The smallest absolute Gasteiger partial charge is 0.137 e. The zero-order chi connectivity index (χ0) is 12.3. The Kier molecular flexibility index (Phi) is 4.57. The summed E-state index contributed by atoms with van der Waals surface area (Å²) in [6.07, 6.45) is 7.68. The standard InChI is InChI=1S/C14H19BrFN/c15-12-9-11(6-7-13(12)16)14(17)8-5-10-3-1-2-4-10/h6-7,9-10,14H,1-5,8,17H2. The highest BCUT2D eigenvalue weighted by atomic mass is 79.9. The molecule has 0 heterocycles. The molecule has 1 nitrogen and oxygen atoms in total. The van der Waals surface area contributed by atoms with Gasteiger partial charge in [0.15, 0.2) is 0 Å². The van der Waals surface area contributed by atoms with Crippen molar-refractivity contribution in [2.75, 3.05) is 0 Å². The summed E-state index contributed by atoms with van der Waals surface area (Å²) in [4.78, 5) is 0. The lowest BCUT2D eigenvalue weighted by molar-refractivity contribution is 0.453. The molecule has 0 spiro atoms. The minimum absolute atomic E-state index is 0.0347. The minimum Gasteiger partial charge on any atom is -0.324 e. The Balaban J connectivity index is 1.89. The van der Waals surface area contributed by atoms with E-state index in [-0.39, 0.29) is 11.9 Å². The van der Waals surface area contributed by atoms with Crippen molar-refractivity contribution >= 4 is 15.9 Å². The summed E-state index contributed by atoms with van der Waals surface area (Å²) in [5.41, 5.74) is 7.17. The molecule has 0 bridgehead atoms. The Hall–Kier alpha value is -0.410. The highest BCUT2D eigenvalue weighted by Crippen LogP contribution is 2.31. The van der Waals surface area contributed by atoms with Gasteiger partial charge < -0.3 is 5.73 Å². The van der Waals surface area contributed by atoms with Gasteiger partial charge in [-0.2, -0.15) is 0 Å². The number of rotatable bonds is 4. The average Bonchev–Trinajstić information content (AvgIpc) is 2.82. The van der Waals surface area contributed by atoms with Crippen molar-refractivity contribution in [3.63, 3.8) is 0 Å². The van der Waals surface area contributed by atoms with Crippen LogP contribution in [-0.4, -0.2) is 0 Å². The van der Waals surface area contributed by atoms with E-state index in [2.05, 4.69) is 15.9 Å². The molecule has 0 radical (unpaired) electrons. The van der Waals surface area contributed by atoms with Gasteiger partial charge in [0.2, 0.25) is 0 Å². The second-order valence-corrected chi connectivity index (χ2v) is 5.86. The molecule has 2 N–H and O–H groups in total. The van der Waals surface area contributed by atoms with E-state index in [1.165, 1.54) is 38.2 Å². The maximum atomic E-state index is 13.1. The largest absolute Gasteiger partial charge is 0.324 e. The van der Waals surface area contributed by atoms with Gasteiger partial charge in [-0.3, -0.25) is 0 Å². The zero-order valence-corrected chi connectivity index (χ0v) is 11.5. The predicted octanol–water partition coefficient (Wildman–Crippen LogP) is 4.56. The highest BCUT2D eigenvalue weighted by Gasteiger charge is 2.17. The van der Waals surface area contributed by atoms with Crippen LogP contribution in [0.2, 0.25) is 0 Å². The third kappa shape index (κ3) is 3.52. The van der Waals surface area contributed by atoms with Gasteiger partial charge in [0.25, 0.3) is 0 Å². The number of halogens is 2. The third-order valence-electron chi connectivity index (χ3n) is 3.73. The Labute approximate surface area is 111 Å². The lowest BCUT2D eigenvalue weighted by atomic mass is 9.95. The molecule has 1 saturated carbocycles. The molecule has 1 aromatic carbocycles. The molecule has 0 aromatic heterocycles. The maximum absolute atomic E-state index is 13.1. The van der Waals surface area contributed by atoms with Crippen LogP contribution in [0.5, 0.6) is 0 Å². The van der Waals surface area contributed by atoms with Crippen LogP contribution in [0.1, 0.15) is 50.1 Å². The topological polar surface area (TPSA) is 26.0 Å². The molecule has 17 heavy (non-hydrogen) atoms. The van der Waals surface area contributed by atoms with Gasteiger partial charge in [0.05, 0.1) is 4.47 Å². The Bertz CT molecular complexity index is 374. The van der Waals surface area contributed by atoms with Crippen LogP contribution in [0.25, 0.3) is 0 Å². The van der Waals surface area contributed by atoms with Gasteiger partial charge in [0, 0.05) is 6.04 Å². The first kappa shape index (κ1) is 13.0. The van der Waals surface area contributed by atoms with E-state index in [9.17, 15) is 4.39 Å². The molecule has 3 heteroatoms. The van der Waals surface area contributed by atoms with Crippen molar-refractivity contribution < 1.29 is 4.39 Å². The van der Waals surface area contributed by atoms with Crippen LogP contribution in [0, 0.1) is 11.7 Å². The van der Waals surface area contributed by atoms with Crippen LogP contribution >= 0.6 is 15.9 Å². The second kappa shape index (κ2) is 5.96. The monoisotopic (exact) mass is 299 g/mol. The van der Waals surface area contributed by atoms with Gasteiger partial charge in [-0.25, -0.2) is 4.39 Å². The number of benzene rings is 1. The van der Waals surface area contributed by atoms with Crippen molar-refractivity contribution in [1.29, 1.82) is 0 Å². The van der Waals surface area contributed by atoms with Gasteiger partial charge in [-0.05, 0) is 52.4 Å². The van der Waals surface area contributed by atoms with Crippen LogP contribution in [-0.2, 0) is 0 Å². The molecule has 1 unspecified atom stereocenters. The fraction of sp³-hybridized carbons (Fsp3) is 0.571. The Morgan fingerprint density at radius 2 is 2.06 bits per heavy atom. The molecule has 94 valence electrons. The molecule has 0 amide bonds. The van der Waals surface area contributed by atoms with Crippen LogP contribution in [0.3, 0.4) is 0 Å². The van der Waals surface area contributed by atoms with Crippen LogP contribution < -0.4 is 5.73 Å². The first-order valence-electron chi connectivity index (χ1n) is 6.37. The zero-order valence-electron chi connectivity index (χ0n) is 9.96. The summed E-state index contributed by atoms with van der Waals surface area (Å²) in [5.74, 6) is 0.640. The Morgan fingerprint density at radius 1 is 1.35 bits per heavy atom. The lowest BCUT2D eigenvalue weighted by Crippen LogP contribution is -2.12. The molecule has 0 aliphatic heterocycles. The summed E-state index contributed by atoms with van der Waals surface area (Å²) in [7, 11) is 0. The minimum atomic E-state index is -0.225. The van der Waals surface area contributed by atoms with E-state index in [4.69, 9.17) is 5.73 Å². The van der Waals surface area contributed by atoms with Crippen molar-refractivity contribution in [1.82, 2.24) is 0 Å². The third-order valence-corrected chi connectivity index (χ3v) is 4.34. The van der Waals surface area contributed by atoms with E-state index in [0.29, 0.717) is 4.47 Å². The van der Waals surface area contributed by atoms with E-state index >= 15 is 0 Å². The number of nitrogens with two attached hydrogens (primary N) is 1. The highest BCUT2D eigenvalue weighted by molar-refractivity contribution is 9.10. The average molecular weight is 300 g/mol. The fourth-order valence-electron chi connectivity index (χ4n) is 2.62. The number of hydrogen-bond donors (Lipinski definition) is 1. The first-order chi connectivity index (χ1) is 8.16. The van der Waals surface area contributed by atoms with Crippen LogP contribution in [0.4, 0.5) is 4.39 Å². The Morgan fingerprint density at radius 3 is 2.71 bits per heavy atom.